The Morgan fingerprint density at radius 3 is 2.48 bits per heavy atom. The van der Waals surface area contributed by atoms with Gasteiger partial charge in [0.25, 0.3) is 5.91 Å². The average Bonchev–Trinajstić information content (AvgIpc) is 3.18. The van der Waals surface area contributed by atoms with Crippen LogP contribution >= 0.6 is 0 Å². The van der Waals surface area contributed by atoms with E-state index >= 15 is 0 Å². The molecular formula is C22H31NO4. The number of amides is 1. The lowest BCUT2D eigenvalue weighted by molar-refractivity contribution is -0.161. The molecule has 3 atom stereocenters. The molecule has 2 aliphatic heterocycles. The van der Waals surface area contributed by atoms with Gasteiger partial charge in [-0.25, -0.2) is 0 Å². The molecule has 2 fully saturated rings. The summed E-state index contributed by atoms with van der Waals surface area (Å²) in [5, 5.41) is 0. The standard InChI is InChI=1S/C22H31NO4/c1-5-26-20(25)22(14-16-10-8-7-9-11-16)15-17-12-13-18(22)23(17)19(24)21(3,4)27-6-2/h7-11,17-18H,5-6,12-15H2,1-4H3/t17-,18+,22+/m1/s1. The third kappa shape index (κ3) is 3.49. The Balaban J connectivity index is 1.94. The van der Waals surface area contributed by atoms with Crippen LogP contribution in [0.4, 0.5) is 0 Å². The number of hydrogen-bond acceptors (Lipinski definition) is 4. The SMILES string of the molecule is CCOC(=O)[C@@]1(Cc2ccccc2)C[C@H]2CC[C@@H]1N2C(=O)C(C)(C)OCC. The van der Waals surface area contributed by atoms with E-state index in [9.17, 15) is 9.59 Å². The van der Waals surface area contributed by atoms with E-state index in [1.54, 1.807) is 0 Å². The van der Waals surface area contributed by atoms with Gasteiger partial charge in [0.2, 0.25) is 0 Å². The molecule has 0 saturated carbocycles. The molecule has 0 radical (unpaired) electrons. The van der Waals surface area contributed by atoms with E-state index in [-0.39, 0.29) is 24.0 Å². The van der Waals surface area contributed by atoms with E-state index in [4.69, 9.17) is 9.47 Å². The van der Waals surface area contributed by atoms with Crippen LogP contribution in [0.25, 0.3) is 0 Å². The molecule has 0 unspecified atom stereocenters. The van der Waals surface area contributed by atoms with Crippen LogP contribution in [-0.4, -0.2) is 47.7 Å². The maximum Gasteiger partial charge on any atom is 0.314 e. The third-order valence-corrected chi connectivity index (χ3v) is 6.04. The van der Waals surface area contributed by atoms with Crippen molar-refractivity contribution in [3.63, 3.8) is 0 Å². The summed E-state index contributed by atoms with van der Waals surface area (Å²) in [7, 11) is 0. The lowest BCUT2D eigenvalue weighted by atomic mass is 9.70. The van der Waals surface area contributed by atoms with E-state index in [1.807, 2.05) is 62.9 Å². The second-order valence-electron chi connectivity index (χ2n) is 8.15. The van der Waals surface area contributed by atoms with Crippen LogP contribution in [0.2, 0.25) is 0 Å². The van der Waals surface area contributed by atoms with Crippen molar-refractivity contribution < 1.29 is 19.1 Å². The van der Waals surface area contributed by atoms with Gasteiger partial charge in [-0.15, -0.1) is 0 Å². The Kier molecular flexibility index (Phi) is 5.61. The van der Waals surface area contributed by atoms with Crippen LogP contribution in [0.5, 0.6) is 0 Å². The second kappa shape index (κ2) is 7.63. The van der Waals surface area contributed by atoms with Crippen LogP contribution in [-0.2, 0) is 25.5 Å². The summed E-state index contributed by atoms with van der Waals surface area (Å²) in [5.74, 6) is -0.191. The minimum atomic E-state index is -0.882. The number of benzene rings is 1. The van der Waals surface area contributed by atoms with Crippen molar-refractivity contribution in [1.29, 1.82) is 0 Å². The van der Waals surface area contributed by atoms with Crippen LogP contribution < -0.4 is 0 Å². The van der Waals surface area contributed by atoms with E-state index in [1.165, 1.54) is 0 Å². The fourth-order valence-electron chi connectivity index (χ4n) is 4.94. The van der Waals surface area contributed by atoms with E-state index < -0.39 is 11.0 Å². The van der Waals surface area contributed by atoms with Gasteiger partial charge in [-0.2, -0.15) is 0 Å². The molecule has 1 aromatic carbocycles. The summed E-state index contributed by atoms with van der Waals surface area (Å²) < 4.78 is 11.2. The smallest absolute Gasteiger partial charge is 0.314 e. The highest BCUT2D eigenvalue weighted by atomic mass is 16.5. The number of nitrogens with zero attached hydrogens (tertiary/aromatic N) is 1. The minimum Gasteiger partial charge on any atom is -0.465 e. The quantitative estimate of drug-likeness (QED) is 0.688. The molecule has 1 aromatic rings. The molecule has 0 aromatic heterocycles. The highest BCUT2D eigenvalue weighted by molar-refractivity contribution is 5.88. The summed E-state index contributed by atoms with van der Waals surface area (Å²) in [5.41, 5.74) is -0.444. The predicted molar refractivity (Wildman–Crippen MR) is 103 cm³/mol. The van der Waals surface area contributed by atoms with Crippen molar-refractivity contribution in [3.8, 4) is 0 Å². The molecule has 1 amide bonds. The van der Waals surface area contributed by atoms with Gasteiger partial charge in [-0.3, -0.25) is 9.59 Å². The molecule has 5 heteroatoms. The molecule has 2 bridgehead atoms. The second-order valence-corrected chi connectivity index (χ2v) is 8.15. The summed E-state index contributed by atoms with van der Waals surface area (Å²) in [6.07, 6.45) is 3.05. The lowest BCUT2D eigenvalue weighted by Gasteiger charge is -2.37. The molecule has 0 aliphatic carbocycles. The monoisotopic (exact) mass is 373 g/mol. The number of rotatable bonds is 7. The zero-order valence-electron chi connectivity index (χ0n) is 16.9. The molecule has 2 heterocycles. The highest BCUT2D eigenvalue weighted by Gasteiger charge is 2.63. The first kappa shape index (κ1) is 19.9. The Morgan fingerprint density at radius 2 is 1.85 bits per heavy atom. The fourth-order valence-corrected chi connectivity index (χ4v) is 4.94. The number of carbonyl (C=O) groups excluding carboxylic acids is 2. The Labute approximate surface area is 162 Å². The maximum atomic E-state index is 13.3. The first-order chi connectivity index (χ1) is 12.9. The first-order valence-electron chi connectivity index (χ1n) is 10.0. The molecule has 3 rings (SSSR count). The predicted octanol–water partition coefficient (Wildman–Crippen LogP) is 3.36. The Morgan fingerprint density at radius 1 is 1.15 bits per heavy atom. The third-order valence-electron chi connectivity index (χ3n) is 6.04. The topological polar surface area (TPSA) is 55.8 Å². The van der Waals surface area contributed by atoms with Crippen molar-refractivity contribution in [2.45, 2.75) is 71.1 Å². The molecule has 148 valence electrons. The zero-order valence-corrected chi connectivity index (χ0v) is 16.9. The summed E-state index contributed by atoms with van der Waals surface area (Å²) >= 11 is 0. The van der Waals surface area contributed by atoms with Crippen molar-refractivity contribution >= 4 is 11.9 Å². The summed E-state index contributed by atoms with van der Waals surface area (Å²) in [6, 6.07) is 9.99. The van der Waals surface area contributed by atoms with E-state index in [2.05, 4.69) is 0 Å². The van der Waals surface area contributed by atoms with Crippen molar-refractivity contribution in [2.75, 3.05) is 13.2 Å². The number of fused-ring (bicyclic) bond motifs is 2. The number of ether oxygens (including phenoxy) is 2. The zero-order chi connectivity index (χ0) is 19.7. The van der Waals surface area contributed by atoms with E-state index in [0.29, 0.717) is 26.1 Å². The normalized spacial score (nSPS) is 27.0. The van der Waals surface area contributed by atoms with Crippen molar-refractivity contribution in [1.82, 2.24) is 4.90 Å². The maximum absolute atomic E-state index is 13.3. The first-order valence-corrected chi connectivity index (χ1v) is 10.0. The minimum absolute atomic E-state index is 0.0175. The van der Waals surface area contributed by atoms with Crippen LogP contribution in [0, 0.1) is 5.41 Å². The number of hydrogen-bond donors (Lipinski definition) is 0. The lowest BCUT2D eigenvalue weighted by Crippen LogP contribution is -2.52. The molecule has 5 nitrogen and oxygen atoms in total. The van der Waals surface area contributed by atoms with Gasteiger partial charge in [-0.05, 0) is 58.9 Å². The molecule has 2 saturated heterocycles. The summed E-state index contributed by atoms with van der Waals surface area (Å²) in [6.45, 7) is 8.20. The van der Waals surface area contributed by atoms with E-state index in [0.717, 1.165) is 18.4 Å². The van der Waals surface area contributed by atoms with Crippen molar-refractivity contribution in [2.24, 2.45) is 5.41 Å². The van der Waals surface area contributed by atoms with Crippen LogP contribution in [0.3, 0.4) is 0 Å². The van der Waals surface area contributed by atoms with Crippen molar-refractivity contribution in [3.05, 3.63) is 35.9 Å². The number of esters is 1. The van der Waals surface area contributed by atoms with Crippen LogP contribution in [0.15, 0.2) is 30.3 Å². The number of carbonyl (C=O) groups is 2. The molecule has 2 aliphatic rings. The van der Waals surface area contributed by atoms with Gasteiger partial charge >= 0.3 is 5.97 Å². The highest BCUT2D eigenvalue weighted by Crippen LogP contribution is 2.53. The molecule has 0 spiro atoms. The largest absolute Gasteiger partial charge is 0.465 e. The van der Waals surface area contributed by atoms with Gasteiger partial charge in [0.1, 0.15) is 5.60 Å². The fraction of sp³-hybridized carbons (Fsp3) is 0.636. The molecule has 0 N–H and O–H groups in total. The summed E-state index contributed by atoms with van der Waals surface area (Å²) in [4.78, 5) is 28.3. The van der Waals surface area contributed by atoms with Gasteiger partial charge in [-0.1, -0.05) is 30.3 Å². The Hall–Kier alpha value is -1.88. The van der Waals surface area contributed by atoms with Crippen LogP contribution in [0.1, 0.15) is 52.5 Å². The molecular weight excluding hydrogens is 342 g/mol. The average molecular weight is 373 g/mol. The van der Waals surface area contributed by atoms with Gasteiger partial charge in [0, 0.05) is 18.7 Å². The van der Waals surface area contributed by atoms with Gasteiger partial charge in [0.15, 0.2) is 0 Å². The molecule has 27 heavy (non-hydrogen) atoms. The Bertz CT molecular complexity index is 687. The van der Waals surface area contributed by atoms with Gasteiger partial charge < -0.3 is 14.4 Å². The van der Waals surface area contributed by atoms with Gasteiger partial charge in [0.05, 0.1) is 12.0 Å².